The number of benzene rings is 3. The number of hydrogen-bond donors (Lipinski definition) is 0. The van der Waals surface area contributed by atoms with Crippen molar-refractivity contribution in [2.45, 2.75) is 11.8 Å². The Kier molecular flexibility index (Phi) is 4.26. The lowest BCUT2D eigenvalue weighted by molar-refractivity contribution is 0.337. The van der Waals surface area contributed by atoms with E-state index in [2.05, 4.69) is 70.5 Å². The molecule has 106 valence electrons. The summed E-state index contributed by atoms with van der Waals surface area (Å²) in [5, 5.41) is 2.53. The highest BCUT2D eigenvalue weighted by atomic mass is 79.9. The van der Waals surface area contributed by atoms with Gasteiger partial charge in [-0.2, -0.15) is 0 Å². The first-order valence-corrected chi connectivity index (χ1v) is 8.06. The maximum absolute atomic E-state index is 5.76. The van der Waals surface area contributed by atoms with E-state index in [9.17, 15) is 0 Å². The molecule has 3 rings (SSSR count). The molecule has 21 heavy (non-hydrogen) atoms. The molecule has 0 aliphatic carbocycles. The molecular weight excluding hydrogens is 324 g/mol. The molecule has 0 amide bonds. The van der Waals surface area contributed by atoms with Crippen molar-refractivity contribution in [1.29, 1.82) is 0 Å². The minimum atomic E-state index is 0.117. The molecule has 2 heteroatoms. The Balaban J connectivity index is 2.11. The van der Waals surface area contributed by atoms with Gasteiger partial charge in [0.05, 0.1) is 11.4 Å². The van der Waals surface area contributed by atoms with E-state index < -0.39 is 0 Å². The molecule has 3 aromatic rings. The highest BCUT2D eigenvalue weighted by molar-refractivity contribution is 9.09. The van der Waals surface area contributed by atoms with Gasteiger partial charge in [0.25, 0.3) is 0 Å². The second kappa shape index (κ2) is 6.31. The summed E-state index contributed by atoms with van der Waals surface area (Å²) >= 11 is 3.86. The van der Waals surface area contributed by atoms with Crippen molar-refractivity contribution in [3.63, 3.8) is 0 Å². The van der Waals surface area contributed by atoms with Gasteiger partial charge < -0.3 is 4.74 Å². The molecule has 0 spiro atoms. The summed E-state index contributed by atoms with van der Waals surface area (Å²) in [5.41, 5.74) is 2.43. The maximum atomic E-state index is 5.76. The Bertz CT molecular complexity index is 746. The van der Waals surface area contributed by atoms with Crippen LogP contribution in [0.1, 0.15) is 22.9 Å². The minimum Gasteiger partial charge on any atom is -0.494 e. The molecule has 0 saturated heterocycles. The van der Waals surface area contributed by atoms with Crippen molar-refractivity contribution in [2.24, 2.45) is 0 Å². The fraction of sp³-hybridized carbons (Fsp3) is 0.158. The normalized spacial score (nSPS) is 12.3. The van der Waals surface area contributed by atoms with Crippen molar-refractivity contribution in [3.8, 4) is 5.75 Å². The molecule has 3 aromatic carbocycles. The van der Waals surface area contributed by atoms with Crippen molar-refractivity contribution in [1.82, 2.24) is 0 Å². The van der Waals surface area contributed by atoms with E-state index in [0.717, 1.165) is 11.3 Å². The van der Waals surface area contributed by atoms with Crippen LogP contribution in [-0.2, 0) is 0 Å². The molecule has 0 saturated carbocycles. The molecule has 0 heterocycles. The number of ether oxygens (including phenoxy) is 1. The molecule has 1 atom stereocenters. The lowest BCUT2D eigenvalue weighted by Crippen LogP contribution is -2.00. The van der Waals surface area contributed by atoms with Gasteiger partial charge in [0.2, 0.25) is 0 Å². The third-order valence-corrected chi connectivity index (χ3v) is 4.57. The standard InChI is InChI=1S/C19H17BrO/c1-2-21-18-13-6-5-11-17(18)19(20)16-12-7-9-14-8-3-4-10-15(14)16/h3-13,19H,2H2,1H3. The molecule has 0 bridgehead atoms. The van der Waals surface area contributed by atoms with Crippen LogP contribution in [0, 0.1) is 0 Å². The van der Waals surface area contributed by atoms with Gasteiger partial charge in [-0.25, -0.2) is 0 Å². The smallest absolute Gasteiger partial charge is 0.123 e. The monoisotopic (exact) mass is 340 g/mol. The van der Waals surface area contributed by atoms with Crippen LogP contribution in [0.4, 0.5) is 0 Å². The zero-order valence-electron chi connectivity index (χ0n) is 11.9. The van der Waals surface area contributed by atoms with Gasteiger partial charge in [-0.1, -0.05) is 76.6 Å². The largest absolute Gasteiger partial charge is 0.494 e. The number of hydrogen-bond acceptors (Lipinski definition) is 1. The van der Waals surface area contributed by atoms with Gasteiger partial charge in [-0.3, -0.25) is 0 Å². The van der Waals surface area contributed by atoms with Crippen molar-refractivity contribution in [2.75, 3.05) is 6.61 Å². The second-order valence-corrected chi connectivity index (χ2v) is 5.82. The minimum absolute atomic E-state index is 0.117. The number of rotatable bonds is 4. The van der Waals surface area contributed by atoms with Gasteiger partial charge in [-0.05, 0) is 29.3 Å². The predicted molar refractivity (Wildman–Crippen MR) is 92.3 cm³/mol. The Hall–Kier alpha value is -1.80. The van der Waals surface area contributed by atoms with Crippen LogP contribution in [0.5, 0.6) is 5.75 Å². The van der Waals surface area contributed by atoms with E-state index >= 15 is 0 Å². The molecule has 0 aliphatic rings. The third-order valence-electron chi connectivity index (χ3n) is 3.59. The van der Waals surface area contributed by atoms with Crippen LogP contribution in [0.3, 0.4) is 0 Å². The Morgan fingerprint density at radius 2 is 1.52 bits per heavy atom. The summed E-state index contributed by atoms with van der Waals surface area (Å²) in [7, 11) is 0. The van der Waals surface area contributed by atoms with E-state index in [-0.39, 0.29) is 4.83 Å². The quantitative estimate of drug-likeness (QED) is 0.551. The van der Waals surface area contributed by atoms with Crippen LogP contribution < -0.4 is 4.74 Å². The topological polar surface area (TPSA) is 9.23 Å². The molecule has 0 radical (unpaired) electrons. The molecule has 0 aliphatic heterocycles. The first kappa shape index (κ1) is 14.2. The predicted octanol–water partition coefficient (Wildman–Crippen LogP) is 5.72. The van der Waals surface area contributed by atoms with E-state index in [0.29, 0.717) is 6.61 Å². The van der Waals surface area contributed by atoms with E-state index in [1.54, 1.807) is 0 Å². The molecule has 0 fully saturated rings. The SMILES string of the molecule is CCOc1ccccc1C(Br)c1cccc2ccccc12. The number of halogens is 1. The van der Waals surface area contributed by atoms with E-state index in [1.165, 1.54) is 16.3 Å². The number of alkyl halides is 1. The van der Waals surface area contributed by atoms with Gasteiger partial charge in [-0.15, -0.1) is 0 Å². The fourth-order valence-corrected chi connectivity index (χ4v) is 3.39. The highest BCUT2D eigenvalue weighted by Crippen LogP contribution is 2.39. The zero-order chi connectivity index (χ0) is 14.7. The average molecular weight is 341 g/mol. The van der Waals surface area contributed by atoms with Gasteiger partial charge in [0.1, 0.15) is 5.75 Å². The molecule has 0 N–H and O–H groups in total. The second-order valence-electron chi connectivity index (χ2n) is 4.90. The van der Waals surface area contributed by atoms with E-state index in [4.69, 9.17) is 4.74 Å². The van der Waals surface area contributed by atoms with E-state index in [1.807, 2.05) is 19.1 Å². The maximum Gasteiger partial charge on any atom is 0.123 e. The van der Waals surface area contributed by atoms with Crippen LogP contribution in [0.25, 0.3) is 10.8 Å². The highest BCUT2D eigenvalue weighted by Gasteiger charge is 2.17. The average Bonchev–Trinajstić information content (AvgIpc) is 2.54. The first-order valence-electron chi connectivity index (χ1n) is 7.14. The lowest BCUT2D eigenvalue weighted by atomic mass is 9.98. The summed E-state index contributed by atoms with van der Waals surface area (Å²) in [6, 6.07) is 23.1. The summed E-state index contributed by atoms with van der Waals surface area (Å²) in [6.45, 7) is 2.68. The van der Waals surface area contributed by atoms with Crippen LogP contribution >= 0.6 is 15.9 Å². The zero-order valence-corrected chi connectivity index (χ0v) is 13.5. The van der Waals surface area contributed by atoms with Gasteiger partial charge in [0, 0.05) is 5.56 Å². The molecule has 0 aromatic heterocycles. The third kappa shape index (κ3) is 2.81. The lowest BCUT2D eigenvalue weighted by Gasteiger charge is -2.17. The van der Waals surface area contributed by atoms with Crippen LogP contribution in [0.2, 0.25) is 0 Å². The Morgan fingerprint density at radius 1 is 0.857 bits per heavy atom. The summed E-state index contributed by atoms with van der Waals surface area (Å²) in [4.78, 5) is 0.117. The Morgan fingerprint density at radius 3 is 2.38 bits per heavy atom. The molecular formula is C19H17BrO. The Labute approximate surface area is 133 Å². The van der Waals surface area contributed by atoms with Crippen molar-refractivity contribution >= 4 is 26.7 Å². The van der Waals surface area contributed by atoms with Gasteiger partial charge >= 0.3 is 0 Å². The first-order chi connectivity index (χ1) is 10.3. The van der Waals surface area contributed by atoms with Crippen LogP contribution in [-0.4, -0.2) is 6.61 Å². The van der Waals surface area contributed by atoms with Crippen molar-refractivity contribution < 1.29 is 4.74 Å². The number of fused-ring (bicyclic) bond motifs is 1. The molecule has 1 unspecified atom stereocenters. The number of para-hydroxylation sites is 1. The van der Waals surface area contributed by atoms with Crippen LogP contribution in [0.15, 0.2) is 66.7 Å². The van der Waals surface area contributed by atoms with Crippen molar-refractivity contribution in [3.05, 3.63) is 77.9 Å². The summed E-state index contributed by atoms with van der Waals surface area (Å²) in [6.07, 6.45) is 0. The van der Waals surface area contributed by atoms with Gasteiger partial charge in [0.15, 0.2) is 0 Å². The summed E-state index contributed by atoms with van der Waals surface area (Å²) < 4.78 is 5.76. The summed E-state index contributed by atoms with van der Waals surface area (Å²) in [5.74, 6) is 0.940. The molecule has 1 nitrogen and oxygen atoms in total. The fourth-order valence-electron chi connectivity index (χ4n) is 2.62.